The SMILES string of the molecule is CCC(=O)OC(=O)C(C)SCc1ccccc1. The zero-order valence-corrected chi connectivity index (χ0v) is 10.8. The maximum Gasteiger partial charge on any atom is 0.326 e. The molecule has 17 heavy (non-hydrogen) atoms. The van der Waals surface area contributed by atoms with E-state index in [1.165, 1.54) is 11.8 Å². The van der Waals surface area contributed by atoms with E-state index < -0.39 is 11.9 Å². The number of esters is 2. The second kappa shape index (κ2) is 7.12. The van der Waals surface area contributed by atoms with E-state index in [1.807, 2.05) is 30.3 Å². The summed E-state index contributed by atoms with van der Waals surface area (Å²) in [6, 6.07) is 9.87. The molecule has 0 fully saturated rings. The van der Waals surface area contributed by atoms with Crippen LogP contribution in [0.15, 0.2) is 30.3 Å². The van der Waals surface area contributed by atoms with Crippen LogP contribution in [-0.2, 0) is 20.1 Å². The van der Waals surface area contributed by atoms with Crippen LogP contribution in [0.25, 0.3) is 0 Å². The van der Waals surface area contributed by atoms with Gasteiger partial charge in [0.2, 0.25) is 0 Å². The van der Waals surface area contributed by atoms with Crippen LogP contribution in [0.2, 0.25) is 0 Å². The normalized spacial score (nSPS) is 11.9. The molecule has 1 unspecified atom stereocenters. The van der Waals surface area contributed by atoms with Gasteiger partial charge in [-0.05, 0) is 12.5 Å². The van der Waals surface area contributed by atoms with Crippen molar-refractivity contribution in [2.45, 2.75) is 31.3 Å². The highest BCUT2D eigenvalue weighted by Gasteiger charge is 2.17. The molecule has 0 aromatic heterocycles. The number of hydrogen-bond donors (Lipinski definition) is 0. The molecule has 0 aliphatic rings. The monoisotopic (exact) mass is 252 g/mol. The lowest BCUT2D eigenvalue weighted by atomic mass is 10.2. The maximum atomic E-state index is 11.5. The lowest BCUT2D eigenvalue weighted by molar-refractivity contribution is -0.158. The van der Waals surface area contributed by atoms with Gasteiger partial charge in [0.15, 0.2) is 0 Å². The van der Waals surface area contributed by atoms with Gasteiger partial charge >= 0.3 is 11.9 Å². The fourth-order valence-corrected chi connectivity index (χ4v) is 1.95. The van der Waals surface area contributed by atoms with Gasteiger partial charge in [-0.1, -0.05) is 37.3 Å². The highest BCUT2D eigenvalue weighted by molar-refractivity contribution is 7.99. The third kappa shape index (κ3) is 5.04. The molecule has 0 spiro atoms. The number of carbonyl (C=O) groups is 2. The highest BCUT2D eigenvalue weighted by atomic mass is 32.2. The van der Waals surface area contributed by atoms with Crippen molar-refractivity contribution in [2.75, 3.05) is 0 Å². The minimum atomic E-state index is -0.470. The van der Waals surface area contributed by atoms with Crippen LogP contribution in [0.3, 0.4) is 0 Å². The molecule has 4 heteroatoms. The summed E-state index contributed by atoms with van der Waals surface area (Å²) in [5, 5.41) is -0.328. The van der Waals surface area contributed by atoms with Crippen molar-refractivity contribution in [1.82, 2.24) is 0 Å². The standard InChI is InChI=1S/C13H16O3S/c1-3-12(14)16-13(15)10(2)17-9-11-7-5-4-6-8-11/h4-8,10H,3,9H2,1-2H3. The van der Waals surface area contributed by atoms with Gasteiger partial charge in [0.25, 0.3) is 0 Å². The molecule has 0 radical (unpaired) electrons. The number of rotatable bonds is 5. The predicted molar refractivity (Wildman–Crippen MR) is 68.6 cm³/mol. The van der Waals surface area contributed by atoms with Gasteiger partial charge in [-0.25, -0.2) is 0 Å². The molecule has 0 amide bonds. The van der Waals surface area contributed by atoms with Gasteiger partial charge in [0.05, 0.1) is 0 Å². The van der Waals surface area contributed by atoms with Crippen molar-refractivity contribution in [1.29, 1.82) is 0 Å². The van der Waals surface area contributed by atoms with Gasteiger partial charge in [-0.2, -0.15) is 0 Å². The number of hydrogen-bond acceptors (Lipinski definition) is 4. The van der Waals surface area contributed by atoms with Gasteiger partial charge < -0.3 is 4.74 Å². The van der Waals surface area contributed by atoms with Gasteiger partial charge in [-0.15, -0.1) is 11.8 Å². The Morgan fingerprint density at radius 2 is 1.94 bits per heavy atom. The summed E-state index contributed by atoms with van der Waals surface area (Å²) >= 11 is 1.46. The van der Waals surface area contributed by atoms with Crippen molar-refractivity contribution in [3.8, 4) is 0 Å². The summed E-state index contributed by atoms with van der Waals surface area (Å²) in [4.78, 5) is 22.4. The molecule has 1 aromatic rings. The molecular weight excluding hydrogens is 236 g/mol. The van der Waals surface area contributed by atoms with Crippen molar-refractivity contribution in [2.24, 2.45) is 0 Å². The van der Waals surface area contributed by atoms with Gasteiger partial charge in [0.1, 0.15) is 5.25 Å². The van der Waals surface area contributed by atoms with Crippen LogP contribution < -0.4 is 0 Å². The molecule has 0 bridgehead atoms. The zero-order chi connectivity index (χ0) is 12.7. The molecule has 1 atom stereocenters. The highest BCUT2D eigenvalue weighted by Crippen LogP contribution is 2.18. The van der Waals surface area contributed by atoms with Crippen LogP contribution in [0.5, 0.6) is 0 Å². The van der Waals surface area contributed by atoms with Crippen molar-refractivity contribution < 1.29 is 14.3 Å². The summed E-state index contributed by atoms with van der Waals surface area (Å²) in [5.74, 6) is -0.197. The molecule has 1 aromatic carbocycles. The number of benzene rings is 1. The Balaban J connectivity index is 2.37. The predicted octanol–water partition coefficient (Wildman–Crippen LogP) is 2.79. The lowest BCUT2D eigenvalue weighted by Gasteiger charge is -2.09. The summed E-state index contributed by atoms with van der Waals surface area (Å²) < 4.78 is 4.65. The fraction of sp³-hybridized carbons (Fsp3) is 0.385. The average molecular weight is 252 g/mol. The van der Waals surface area contributed by atoms with E-state index in [1.54, 1.807) is 13.8 Å². The Hall–Kier alpha value is -1.29. The van der Waals surface area contributed by atoms with Crippen LogP contribution in [0.4, 0.5) is 0 Å². The van der Waals surface area contributed by atoms with Gasteiger partial charge in [-0.3, -0.25) is 9.59 Å². The first-order chi connectivity index (χ1) is 8.13. The first-order valence-electron chi connectivity index (χ1n) is 5.53. The molecule has 3 nitrogen and oxygen atoms in total. The van der Waals surface area contributed by atoms with Crippen LogP contribution in [-0.4, -0.2) is 17.2 Å². The number of thioether (sulfide) groups is 1. The van der Waals surface area contributed by atoms with E-state index in [2.05, 4.69) is 4.74 Å². The summed E-state index contributed by atoms with van der Waals surface area (Å²) in [7, 11) is 0. The van der Waals surface area contributed by atoms with Crippen LogP contribution in [0.1, 0.15) is 25.8 Å². The maximum absolute atomic E-state index is 11.5. The fourth-order valence-electron chi connectivity index (χ4n) is 1.13. The Labute approximate surface area is 106 Å². The second-order valence-electron chi connectivity index (χ2n) is 3.59. The Bertz CT molecular complexity index is 376. The molecule has 0 aliphatic heterocycles. The summed E-state index contributed by atoms with van der Waals surface area (Å²) in [5.41, 5.74) is 1.15. The third-order valence-electron chi connectivity index (χ3n) is 2.18. The van der Waals surface area contributed by atoms with Crippen LogP contribution >= 0.6 is 11.8 Å². The molecular formula is C13H16O3S. The number of ether oxygens (including phenoxy) is 1. The lowest BCUT2D eigenvalue weighted by Crippen LogP contribution is -2.20. The molecule has 1 rings (SSSR count). The van der Waals surface area contributed by atoms with E-state index in [0.29, 0.717) is 0 Å². The largest absolute Gasteiger partial charge is 0.392 e. The quantitative estimate of drug-likeness (QED) is 0.597. The topological polar surface area (TPSA) is 43.4 Å². The summed E-state index contributed by atoms with van der Waals surface area (Å²) in [6.45, 7) is 3.41. The van der Waals surface area contributed by atoms with Gasteiger partial charge in [0, 0.05) is 12.2 Å². The zero-order valence-electron chi connectivity index (χ0n) is 10.0. The van der Waals surface area contributed by atoms with E-state index in [-0.39, 0.29) is 11.7 Å². The molecule has 0 heterocycles. The average Bonchev–Trinajstić information content (AvgIpc) is 2.36. The van der Waals surface area contributed by atoms with Crippen molar-refractivity contribution in [3.63, 3.8) is 0 Å². The van der Waals surface area contributed by atoms with E-state index in [0.717, 1.165) is 11.3 Å². The third-order valence-corrected chi connectivity index (χ3v) is 3.37. The van der Waals surface area contributed by atoms with E-state index >= 15 is 0 Å². The van der Waals surface area contributed by atoms with Crippen molar-refractivity contribution >= 4 is 23.7 Å². The first kappa shape index (κ1) is 13.8. The smallest absolute Gasteiger partial charge is 0.326 e. The van der Waals surface area contributed by atoms with E-state index in [9.17, 15) is 9.59 Å². The molecule has 0 saturated carbocycles. The summed E-state index contributed by atoms with van der Waals surface area (Å²) in [6.07, 6.45) is 0.224. The Morgan fingerprint density at radius 1 is 1.29 bits per heavy atom. The molecule has 0 aliphatic carbocycles. The molecule has 92 valence electrons. The Kier molecular flexibility index (Phi) is 5.77. The molecule has 0 saturated heterocycles. The minimum absolute atomic E-state index is 0.224. The van der Waals surface area contributed by atoms with E-state index in [4.69, 9.17) is 0 Å². The minimum Gasteiger partial charge on any atom is -0.392 e. The molecule has 0 N–H and O–H groups in total. The second-order valence-corrected chi connectivity index (χ2v) is 4.91. The Morgan fingerprint density at radius 3 is 2.53 bits per heavy atom. The van der Waals surface area contributed by atoms with Crippen molar-refractivity contribution in [3.05, 3.63) is 35.9 Å². The van der Waals surface area contributed by atoms with Crippen LogP contribution in [0, 0.1) is 0 Å². The first-order valence-corrected chi connectivity index (χ1v) is 6.58. The number of carbonyl (C=O) groups excluding carboxylic acids is 2.